The van der Waals surface area contributed by atoms with Crippen LogP contribution in [0, 0.1) is 5.82 Å². The Hall–Kier alpha value is -2.67. The molecular weight excluding hydrogens is 346 g/mol. The Labute approximate surface area is 148 Å². The van der Waals surface area contributed by atoms with E-state index in [-0.39, 0.29) is 6.54 Å². The van der Waals surface area contributed by atoms with E-state index in [1.807, 2.05) is 0 Å². The van der Waals surface area contributed by atoms with Crippen molar-refractivity contribution in [3.8, 4) is 0 Å². The fourth-order valence-electron chi connectivity index (χ4n) is 2.78. The van der Waals surface area contributed by atoms with Gasteiger partial charge in [0.15, 0.2) is 0 Å². The summed E-state index contributed by atoms with van der Waals surface area (Å²) >= 11 is 0. The van der Waals surface area contributed by atoms with Crippen molar-refractivity contribution in [2.45, 2.75) is 18.8 Å². The van der Waals surface area contributed by atoms with E-state index in [0.717, 1.165) is 12.1 Å². The Bertz CT molecular complexity index is 886. The summed E-state index contributed by atoms with van der Waals surface area (Å²) in [5.41, 5.74) is 0.125. The summed E-state index contributed by atoms with van der Waals surface area (Å²) in [6.45, 7) is 0.135. The maximum atomic E-state index is 14.3. The molecule has 3 aromatic rings. The predicted molar refractivity (Wildman–Crippen MR) is 89.7 cm³/mol. The van der Waals surface area contributed by atoms with Crippen molar-refractivity contribution in [1.29, 1.82) is 0 Å². The lowest BCUT2D eigenvalue weighted by atomic mass is 10.0. The number of halogens is 4. The molecule has 7 heteroatoms. The van der Waals surface area contributed by atoms with Crippen LogP contribution in [0.3, 0.4) is 0 Å². The summed E-state index contributed by atoms with van der Waals surface area (Å²) in [4.78, 5) is 4.26. The third-order valence-electron chi connectivity index (χ3n) is 4.10. The van der Waals surface area contributed by atoms with Gasteiger partial charge in [-0.05, 0) is 17.7 Å². The highest BCUT2D eigenvalue weighted by Crippen LogP contribution is 2.30. The Kier molecular flexibility index (Phi) is 5.08. The monoisotopic (exact) mass is 363 g/mol. The summed E-state index contributed by atoms with van der Waals surface area (Å²) < 4.78 is 54.7. The highest BCUT2D eigenvalue weighted by atomic mass is 19.4. The van der Waals surface area contributed by atoms with Crippen LogP contribution in [0.25, 0.3) is 0 Å². The Morgan fingerprint density at radius 3 is 2.54 bits per heavy atom. The van der Waals surface area contributed by atoms with Gasteiger partial charge in [-0.2, -0.15) is 13.2 Å². The summed E-state index contributed by atoms with van der Waals surface area (Å²) in [5, 5.41) is 3.12. The van der Waals surface area contributed by atoms with Crippen molar-refractivity contribution >= 4 is 0 Å². The fourth-order valence-corrected chi connectivity index (χ4v) is 2.78. The number of imidazole rings is 1. The first-order valence-electron chi connectivity index (χ1n) is 7.97. The summed E-state index contributed by atoms with van der Waals surface area (Å²) in [6.07, 6.45) is -1.08. The van der Waals surface area contributed by atoms with Crippen LogP contribution in [0.4, 0.5) is 17.6 Å². The van der Waals surface area contributed by atoms with Crippen molar-refractivity contribution in [2.75, 3.05) is 0 Å². The smallest absolute Gasteiger partial charge is 0.336 e. The molecule has 26 heavy (non-hydrogen) atoms. The molecule has 1 heterocycles. The first-order chi connectivity index (χ1) is 12.4. The zero-order valence-corrected chi connectivity index (χ0v) is 14.0. The molecule has 0 unspecified atom stereocenters. The third kappa shape index (κ3) is 3.94. The number of aromatic nitrogens is 2. The van der Waals surface area contributed by atoms with Crippen LogP contribution in [-0.2, 0) is 19.8 Å². The number of alkyl halides is 3. The Balaban J connectivity index is 1.88. The molecule has 0 bridgehead atoms. The molecular formula is C19H17F4N3. The van der Waals surface area contributed by atoms with Crippen LogP contribution in [0.2, 0.25) is 0 Å². The van der Waals surface area contributed by atoms with Gasteiger partial charge in [0.05, 0.1) is 11.6 Å². The van der Waals surface area contributed by atoms with Gasteiger partial charge in [-0.25, -0.2) is 9.37 Å². The van der Waals surface area contributed by atoms with E-state index < -0.39 is 23.6 Å². The van der Waals surface area contributed by atoms with Gasteiger partial charge in [0.2, 0.25) is 0 Å². The third-order valence-corrected chi connectivity index (χ3v) is 4.10. The van der Waals surface area contributed by atoms with Gasteiger partial charge < -0.3 is 4.57 Å². The largest absolute Gasteiger partial charge is 0.416 e. The quantitative estimate of drug-likeness (QED) is 0.679. The number of hydrogen-bond acceptors (Lipinski definition) is 2. The van der Waals surface area contributed by atoms with Crippen molar-refractivity contribution < 1.29 is 17.6 Å². The topological polar surface area (TPSA) is 29.9 Å². The standard InChI is InChI=1S/C19H17F4N3/c1-26-10-9-24-18(26)17(15-7-2-3-8-16(15)20)25-12-13-5-4-6-14(11-13)19(21,22)23/h2-11,17,25H,12H2,1H3/t17-/m1/s1. The van der Waals surface area contributed by atoms with Gasteiger partial charge >= 0.3 is 6.18 Å². The van der Waals surface area contributed by atoms with Gasteiger partial charge in [0.25, 0.3) is 0 Å². The van der Waals surface area contributed by atoms with Crippen molar-refractivity contribution in [2.24, 2.45) is 7.05 Å². The molecule has 0 fully saturated rings. The van der Waals surface area contributed by atoms with E-state index >= 15 is 0 Å². The predicted octanol–water partition coefficient (Wildman–Crippen LogP) is 4.46. The first-order valence-corrected chi connectivity index (χ1v) is 7.97. The van der Waals surface area contributed by atoms with E-state index in [4.69, 9.17) is 0 Å². The normalized spacial score (nSPS) is 13.0. The first kappa shape index (κ1) is 18.1. The van der Waals surface area contributed by atoms with Gasteiger partial charge in [-0.3, -0.25) is 5.32 Å². The lowest BCUT2D eigenvalue weighted by Crippen LogP contribution is -2.25. The van der Waals surface area contributed by atoms with E-state index in [1.165, 1.54) is 12.1 Å². The van der Waals surface area contributed by atoms with Crippen molar-refractivity contribution in [3.05, 3.63) is 89.3 Å². The Morgan fingerprint density at radius 2 is 1.88 bits per heavy atom. The van der Waals surface area contributed by atoms with E-state index in [1.54, 1.807) is 48.3 Å². The van der Waals surface area contributed by atoms with Crippen LogP contribution < -0.4 is 5.32 Å². The molecule has 0 spiro atoms. The Morgan fingerprint density at radius 1 is 1.12 bits per heavy atom. The molecule has 1 atom stereocenters. The average molecular weight is 363 g/mol. The van der Waals surface area contributed by atoms with Gasteiger partial charge in [0, 0.05) is 31.5 Å². The van der Waals surface area contributed by atoms with Crippen molar-refractivity contribution in [3.63, 3.8) is 0 Å². The van der Waals surface area contributed by atoms with Crippen LogP contribution in [0.15, 0.2) is 60.9 Å². The molecule has 1 N–H and O–H groups in total. The lowest BCUT2D eigenvalue weighted by molar-refractivity contribution is -0.137. The minimum atomic E-state index is -4.40. The second kappa shape index (κ2) is 7.29. The molecule has 2 aromatic carbocycles. The second-order valence-electron chi connectivity index (χ2n) is 5.93. The molecule has 1 aromatic heterocycles. The summed E-state index contributed by atoms with van der Waals surface area (Å²) in [6, 6.07) is 10.7. The molecule has 136 valence electrons. The molecule has 3 rings (SSSR count). The molecule has 0 aliphatic carbocycles. The maximum Gasteiger partial charge on any atom is 0.416 e. The van der Waals surface area contributed by atoms with E-state index in [0.29, 0.717) is 17.0 Å². The highest BCUT2D eigenvalue weighted by molar-refractivity contribution is 5.29. The van der Waals surface area contributed by atoms with E-state index in [2.05, 4.69) is 10.3 Å². The van der Waals surface area contributed by atoms with Crippen LogP contribution in [0.1, 0.15) is 28.6 Å². The van der Waals surface area contributed by atoms with E-state index in [9.17, 15) is 17.6 Å². The molecule has 0 aliphatic heterocycles. The molecule has 3 nitrogen and oxygen atoms in total. The molecule has 0 saturated heterocycles. The highest BCUT2D eigenvalue weighted by Gasteiger charge is 2.30. The minimum Gasteiger partial charge on any atom is -0.336 e. The van der Waals surface area contributed by atoms with Crippen molar-refractivity contribution in [1.82, 2.24) is 14.9 Å². The zero-order chi connectivity index (χ0) is 18.7. The average Bonchev–Trinajstić information content (AvgIpc) is 3.02. The fraction of sp³-hybridized carbons (Fsp3) is 0.211. The van der Waals surface area contributed by atoms with Gasteiger partial charge in [-0.15, -0.1) is 0 Å². The zero-order valence-electron chi connectivity index (χ0n) is 14.0. The molecule has 0 aliphatic rings. The number of nitrogens with zero attached hydrogens (tertiary/aromatic N) is 2. The summed E-state index contributed by atoms with van der Waals surface area (Å²) in [5.74, 6) is 0.166. The molecule has 0 radical (unpaired) electrons. The number of nitrogens with one attached hydrogen (secondary N) is 1. The SMILES string of the molecule is Cn1ccnc1[C@H](NCc1cccc(C(F)(F)F)c1)c1ccccc1F. The second-order valence-corrected chi connectivity index (χ2v) is 5.93. The van der Waals surface area contributed by atoms with Gasteiger partial charge in [-0.1, -0.05) is 36.4 Å². The maximum absolute atomic E-state index is 14.3. The molecule has 0 amide bonds. The number of aryl methyl sites for hydroxylation is 1. The summed E-state index contributed by atoms with van der Waals surface area (Å²) in [7, 11) is 1.78. The minimum absolute atomic E-state index is 0.135. The van der Waals surface area contributed by atoms with Crippen LogP contribution in [-0.4, -0.2) is 9.55 Å². The molecule has 0 saturated carbocycles. The number of rotatable bonds is 5. The lowest BCUT2D eigenvalue weighted by Gasteiger charge is -2.20. The number of hydrogen-bond donors (Lipinski definition) is 1. The van der Waals surface area contributed by atoms with Gasteiger partial charge in [0.1, 0.15) is 11.6 Å². The number of benzene rings is 2. The van der Waals surface area contributed by atoms with Crippen LogP contribution in [0.5, 0.6) is 0 Å². The van der Waals surface area contributed by atoms with Crippen LogP contribution >= 0.6 is 0 Å².